The topological polar surface area (TPSA) is 8.17 Å². The lowest BCUT2D eigenvalue weighted by Gasteiger charge is -2.27. The van der Waals surface area contributed by atoms with Crippen molar-refractivity contribution < 1.29 is 0 Å². The molecule has 0 atom stereocenters. The molecular weight excluding hydrogens is 725 g/mol. The van der Waals surface area contributed by atoms with Crippen molar-refractivity contribution in [3.05, 3.63) is 243 Å². The van der Waals surface area contributed by atoms with Gasteiger partial charge in [0.25, 0.3) is 0 Å². The second-order valence-corrected chi connectivity index (χ2v) is 15.4. The molecule has 60 heavy (non-hydrogen) atoms. The number of hydrogen-bond acceptors (Lipinski definition) is 1. The second-order valence-electron chi connectivity index (χ2n) is 15.4. The largest absolute Gasteiger partial charge is 0.310 e. The summed E-state index contributed by atoms with van der Waals surface area (Å²) in [6.45, 7) is 0. The van der Waals surface area contributed by atoms with E-state index in [1.54, 1.807) is 0 Å². The van der Waals surface area contributed by atoms with Crippen molar-refractivity contribution in [3.63, 3.8) is 0 Å². The van der Waals surface area contributed by atoms with E-state index in [1.807, 2.05) is 0 Å². The lowest BCUT2D eigenvalue weighted by atomic mass is 10.0. The van der Waals surface area contributed by atoms with Crippen LogP contribution in [0.1, 0.15) is 0 Å². The van der Waals surface area contributed by atoms with Gasteiger partial charge in [0.2, 0.25) is 0 Å². The van der Waals surface area contributed by atoms with Crippen molar-refractivity contribution >= 4 is 49.6 Å². The summed E-state index contributed by atoms with van der Waals surface area (Å²) in [5, 5.41) is 4.92. The molecule has 0 aliphatic rings. The fourth-order valence-electron chi connectivity index (χ4n) is 8.79. The first-order valence-corrected chi connectivity index (χ1v) is 20.6. The van der Waals surface area contributed by atoms with Crippen molar-refractivity contribution in [2.45, 2.75) is 0 Å². The molecule has 0 radical (unpaired) electrons. The summed E-state index contributed by atoms with van der Waals surface area (Å²) >= 11 is 0. The summed E-state index contributed by atoms with van der Waals surface area (Å²) in [5.41, 5.74) is 16.5. The van der Waals surface area contributed by atoms with Gasteiger partial charge in [-0.05, 0) is 117 Å². The van der Waals surface area contributed by atoms with Gasteiger partial charge in [-0.15, -0.1) is 0 Å². The Morgan fingerprint density at radius 1 is 0.267 bits per heavy atom. The Morgan fingerprint density at radius 3 is 1.15 bits per heavy atom. The Balaban J connectivity index is 0.964. The molecule has 0 N–H and O–H groups in total. The smallest absolute Gasteiger partial charge is 0.0541 e. The molecule has 11 aromatic rings. The number of rotatable bonds is 8. The molecule has 1 heterocycles. The fourth-order valence-corrected chi connectivity index (χ4v) is 8.79. The first kappa shape index (κ1) is 35.2. The van der Waals surface area contributed by atoms with Crippen LogP contribution in [0, 0.1) is 0 Å². The third kappa shape index (κ3) is 6.41. The fraction of sp³-hybridized carbons (Fsp3) is 0. The van der Waals surface area contributed by atoms with Crippen LogP contribution in [0.4, 0.5) is 17.1 Å². The summed E-state index contributed by atoms with van der Waals surface area (Å²) in [4.78, 5) is 2.37. The number of nitrogens with zero attached hydrogens (tertiary/aromatic N) is 2. The van der Waals surface area contributed by atoms with E-state index in [1.165, 1.54) is 77.1 Å². The lowest BCUT2D eigenvalue weighted by molar-refractivity contribution is 1.18. The molecular formula is C58H40N2. The van der Waals surface area contributed by atoms with E-state index < -0.39 is 0 Å². The van der Waals surface area contributed by atoms with Crippen LogP contribution in [-0.2, 0) is 0 Å². The SMILES string of the molecule is c1ccc(-c2ccc(N(c3ccc(-c4ccc(-n5c6ccc(-c7ccccc7)cc6c6cc(-c7ccccc7)ccc65)cc4)cc3)c3cccc4ccccc34)cc2)cc1. The van der Waals surface area contributed by atoms with Crippen LogP contribution in [0.2, 0.25) is 0 Å². The number of aromatic nitrogens is 1. The average Bonchev–Trinajstić information content (AvgIpc) is 3.66. The van der Waals surface area contributed by atoms with Crippen LogP contribution < -0.4 is 4.90 Å². The lowest BCUT2D eigenvalue weighted by Crippen LogP contribution is -2.10. The Labute approximate surface area is 350 Å². The van der Waals surface area contributed by atoms with Crippen molar-refractivity contribution in [2.75, 3.05) is 4.90 Å². The van der Waals surface area contributed by atoms with Gasteiger partial charge in [-0.2, -0.15) is 0 Å². The predicted molar refractivity (Wildman–Crippen MR) is 255 cm³/mol. The van der Waals surface area contributed by atoms with E-state index in [4.69, 9.17) is 0 Å². The molecule has 0 saturated carbocycles. The molecule has 2 nitrogen and oxygen atoms in total. The summed E-state index contributed by atoms with van der Waals surface area (Å²) < 4.78 is 2.41. The van der Waals surface area contributed by atoms with Crippen molar-refractivity contribution in [1.29, 1.82) is 0 Å². The molecule has 282 valence electrons. The van der Waals surface area contributed by atoms with Crippen LogP contribution in [0.25, 0.3) is 82.8 Å². The van der Waals surface area contributed by atoms with E-state index in [9.17, 15) is 0 Å². The standard InChI is InChI=1S/C58H40N2/c1-4-13-41(14-5-1)44-23-31-50(32-24-44)59(56-22-12-20-47-19-10-11-21-53(47)56)51-33-25-45(26-34-51)46-27-35-52(36-28-46)60-57-37-29-48(42-15-6-2-7-16-42)39-54(57)55-40-49(30-38-58(55)60)43-17-8-3-9-18-43/h1-40H. The molecule has 0 spiro atoms. The highest BCUT2D eigenvalue weighted by Gasteiger charge is 2.18. The molecule has 10 aromatic carbocycles. The molecule has 0 amide bonds. The number of fused-ring (bicyclic) bond motifs is 4. The zero-order chi connectivity index (χ0) is 39.8. The molecule has 2 heteroatoms. The molecule has 0 fully saturated rings. The van der Waals surface area contributed by atoms with Crippen LogP contribution in [-0.4, -0.2) is 4.57 Å². The quantitative estimate of drug-likeness (QED) is 0.150. The Bertz CT molecular complexity index is 3160. The molecule has 0 unspecified atom stereocenters. The van der Waals surface area contributed by atoms with Crippen molar-refractivity contribution in [2.24, 2.45) is 0 Å². The highest BCUT2D eigenvalue weighted by atomic mass is 15.1. The maximum absolute atomic E-state index is 2.41. The summed E-state index contributed by atoms with van der Waals surface area (Å²) in [7, 11) is 0. The van der Waals surface area contributed by atoms with Crippen LogP contribution in [0.15, 0.2) is 243 Å². The number of hydrogen-bond donors (Lipinski definition) is 0. The average molecular weight is 765 g/mol. The summed E-state index contributed by atoms with van der Waals surface area (Å²) in [6, 6.07) is 87.8. The van der Waals surface area contributed by atoms with Crippen LogP contribution >= 0.6 is 0 Å². The van der Waals surface area contributed by atoms with Crippen LogP contribution in [0.3, 0.4) is 0 Å². The minimum Gasteiger partial charge on any atom is -0.310 e. The van der Waals surface area contributed by atoms with Gasteiger partial charge in [0, 0.05) is 33.2 Å². The molecule has 0 aliphatic carbocycles. The summed E-state index contributed by atoms with van der Waals surface area (Å²) in [5.74, 6) is 0. The van der Waals surface area contributed by atoms with Crippen molar-refractivity contribution in [1.82, 2.24) is 4.57 Å². The minimum atomic E-state index is 1.11. The van der Waals surface area contributed by atoms with Gasteiger partial charge in [-0.3, -0.25) is 0 Å². The summed E-state index contributed by atoms with van der Waals surface area (Å²) in [6.07, 6.45) is 0. The molecule has 11 rings (SSSR count). The highest BCUT2D eigenvalue weighted by molar-refractivity contribution is 6.11. The van der Waals surface area contributed by atoms with E-state index >= 15 is 0 Å². The zero-order valence-corrected chi connectivity index (χ0v) is 33.0. The first-order valence-electron chi connectivity index (χ1n) is 20.6. The van der Waals surface area contributed by atoms with Gasteiger partial charge in [0.05, 0.1) is 16.7 Å². The van der Waals surface area contributed by atoms with Gasteiger partial charge < -0.3 is 9.47 Å². The minimum absolute atomic E-state index is 1.11. The highest BCUT2D eigenvalue weighted by Crippen LogP contribution is 2.41. The van der Waals surface area contributed by atoms with Gasteiger partial charge in [0.1, 0.15) is 0 Å². The van der Waals surface area contributed by atoms with E-state index in [0.29, 0.717) is 0 Å². The normalized spacial score (nSPS) is 11.3. The zero-order valence-electron chi connectivity index (χ0n) is 33.0. The molecule has 0 bridgehead atoms. The second kappa shape index (κ2) is 15.1. The van der Waals surface area contributed by atoms with Gasteiger partial charge in [-0.1, -0.05) is 176 Å². The predicted octanol–water partition coefficient (Wildman–Crippen LogP) is 16.1. The Hall–Kier alpha value is -7.94. The van der Waals surface area contributed by atoms with E-state index in [0.717, 1.165) is 22.7 Å². The van der Waals surface area contributed by atoms with Gasteiger partial charge >= 0.3 is 0 Å². The Kier molecular flexibility index (Phi) is 8.87. The maximum atomic E-state index is 2.41. The van der Waals surface area contributed by atoms with Gasteiger partial charge in [0.15, 0.2) is 0 Å². The number of anilines is 3. The maximum Gasteiger partial charge on any atom is 0.0541 e. The third-order valence-electron chi connectivity index (χ3n) is 11.8. The molecule has 0 saturated heterocycles. The van der Waals surface area contributed by atoms with E-state index in [2.05, 4.69) is 252 Å². The monoisotopic (exact) mass is 764 g/mol. The van der Waals surface area contributed by atoms with Crippen LogP contribution in [0.5, 0.6) is 0 Å². The third-order valence-corrected chi connectivity index (χ3v) is 11.8. The van der Waals surface area contributed by atoms with Gasteiger partial charge in [-0.25, -0.2) is 0 Å². The first-order chi connectivity index (χ1) is 29.7. The van der Waals surface area contributed by atoms with Crippen molar-refractivity contribution in [3.8, 4) is 50.2 Å². The van der Waals surface area contributed by atoms with E-state index in [-0.39, 0.29) is 0 Å². The molecule has 0 aliphatic heterocycles. The Morgan fingerprint density at radius 2 is 0.650 bits per heavy atom. The molecule has 1 aromatic heterocycles. The number of benzene rings is 10.